The van der Waals surface area contributed by atoms with Crippen LogP contribution in [0.1, 0.15) is 53.7 Å². The summed E-state index contributed by atoms with van der Waals surface area (Å²) in [5.41, 5.74) is -1.11. The first-order valence-corrected chi connectivity index (χ1v) is 11.6. The fraction of sp³-hybridized carbons (Fsp3) is 0.700. The van der Waals surface area contributed by atoms with Gasteiger partial charge < -0.3 is 18.5 Å². The number of ether oxygens (including phenoxy) is 2. The molecule has 1 aromatic rings. The van der Waals surface area contributed by atoms with Crippen LogP contribution in [0.25, 0.3) is 0 Å². The number of H-pyrrole nitrogens is 1. The lowest BCUT2D eigenvalue weighted by molar-refractivity contribution is -0.147. The highest BCUT2D eigenvalue weighted by Crippen LogP contribution is 2.49. The topological polar surface area (TPSA) is 136 Å². The highest BCUT2D eigenvalue weighted by Gasteiger charge is 2.42. The molecule has 0 amide bonds. The number of hydrogen-bond donors (Lipinski definition) is 1. The molecule has 11 nitrogen and oxygen atoms in total. The molecule has 1 saturated heterocycles. The summed E-state index contributed by atoms with van der Waals surface area (Å²) in [7, 11) is -1.56. The number of aromatic amines is 1. The maximum atomic E-state index is 12.2. The van der Waals surface area contributed by atoms with Gasteiger partial charge in [0.05, 0.1) is 25.2 Å². The van der Waals surface area contributed by atoms with Crippen molar-refractivity contribution in [2.24, 2.45) is 0 Å². The van der Waals surface area contributed by atoms with E-state index in [2.05, 4.69) is 15.7 Å². The van der Waals surface area contributed by atoms with E-state index in [0.717, 1.165) is 0 Å². The van der Waals surface area contributed by atoms with E-state index >= 15 is 0 Å². The van der Waals surface area contributed by atoms with E-state index in [1.54, 1.807) is 0 Å². The van der Waals surface area contributed by atoms with Crippen LogP contribution in [0.4, 0.5) is 0 Å². The summed E-state index contributed by atoms with van der Waals surface area (Å²) in [5.74, 6) is -0.462. The molecule has 0 aliphatic carbocycles. The minimum absolute atomic E-state index is 0.0562. The van der Waals surface area contributed by atoms with Gasteiger partial charge in [0.2, 0.25) is 0 Å². The molecule has 1 aromatic heterocycles. The van der Waals surface area contributed by atoms with Gasteiger partial charge in [0.1, 0.15) is 18.9 Å². The van der Waals surface area contributed by atoms with Gasteiger partial charge in [-0.2, -0.15) is 5.26 Å². The quantitative estimate of drug-likeness (QED) is 0.293. The summed E-state index contributed by atoms with van der Waals surface area (Å²) in [6.07, 6.45) is -0.0489. The zero-order chi connectivity index (χ0) is 23.8. The van der Waals surface area contributed by atoms with Crippen molar-refractivity contribution >= 4 is 14.5 Å². The Hall–Kier alpha value is -2.09. The van der Waals surface area contributed by atoms with Crippen LogP contribution in [0, 0.1) is 11.3 Å². The average Bonchev–Trinajstić information content (AvgIpc) is 3.08. The van der Waals surface area contributed by atoms with Gasteiger partial charge in [-0.3, -0.25) is 19.1 Å². The van der Waals surface area contributed by atoms with Crippen LogP contribution in [-0.2, 0) is 23.3 Å². The number of rotatable bonds is 11. The number of aromatic nitrogens is 2. The smallest absolute Gasteiger partial charge is 0.330 e. The van der Waals surface area contributed by atoms with Crippen molar-refractivity contribution in [1.82, 2.24) is 14.2 Å². The molecule has 12 heteroatoms. The fourth-order valence-corrected chi connectivity index (χ4v) is 5.15. The van der Waals surface area contributed by atoms with E-state index in [-0.39, 0.29) is 38.1 Å². The molecule has 1 unspecified atom stereocenters. The van der Waals surface area contributed by atoms with E-state index in [0.29, 0.717) is 0 Å². The molecular weight excluding hydrogens is 439 g/mol. The summed E-state index contributed by atoms with van der Waals surface area (Å²) < 4.78 is 26.8. The Morgan fingerprint density at radius 3 is 2.62 bits per heavy atom. The highest BCUT2D eigenvalue weighted by molar-refractivity contribution is 7.44. The number of hydrogen-bond acceptors (Lipinski definition) is 9. The minimum atomic E-state index is -1.56. The first kappa shape index (κ1) is 26.2. The first-order chi connectivity index (χ1) is 15.1. The Bertz CT molecular complexity index is 902. The van der Waals surface area contributed by atoms with E-state index in [9.17, 15) is 14.4 Å². The Morgan fingerprint density at radius 1 is 1.38 bits per heavy atom. The van der Waals surface area contributed by atoms with Crippen LogP contribution in [-0.4, -0.2) is 57.7 Å². The maximum Gasteiger partial charge on any atom is 0.330 e. The second-order valence-corrected chi connectivity index (χ2v) is 9.28. The van der Waals surface area contributed by atoms with Gasteiger partial charge in [-0.25, -0.2) is 9.46 Å². The number of esters is 1. The molecule has 178 valence electrons. The van der Waals surface area contributed by atoms with E-state index in [1.807, 2.05) is 27.7 Å². The molecular formula is C20H31N4O7P. The number of carbonyl (C=O) groups excluding carboxylic acids is 1. The van der Waals surface area contributed by atoms with Gasteiger partial charge in [-0.05, 0) is 27.7 Å². The third-order valence-electron chi connectivity index (χ3n) is 4.68. The van der Waals surface area contributed by atoms with Crippen LogP contribution >= 0.6 is 8.53 Å². The van der Waals surface area contributed by atoms with Crippen LogP contribution in [0.2, 0.25) is 0 Å². The summed E-state index contributed by atoms with van der Waals surface area (Å²) in [6, 6.07) is 3.50. The predicted octanol–water partition coefficient (Wildman–Crippen LogP) is 2.05. The Labute approximate surface area is 188 Å². The van der Waals surface area contributed by atoms with Crippen LogP contribution in [0.5, 0.6) is 0 Å². The van der Waals surface area contributed by atoms with Crippen LogP contribution in [0.15, 0.2) is 21.9 Å². The molecule has 2 heterocycles. The zero-order valence-electron chi connectivity index (χ0n) is 19.0. The number of nitriles is 1. The Balaban J connectivity index is 2.28. The second-order valence-electron chi connectivity index (χ2n) is 7.88. The molecule has 1 aliphatic rings. The van der Waals surface area contributed by atoms with Crippen molar-refractivity contribution < 1.29 is 23.3 Å². The maximum absolute atomic E-state index is 12.2. The van der Waals surface area contributed by atoms with Crippen molar-refractivity contribution in [1.29, 1.82) is 5.26 Å². The SMILES string of the molecule is CC(=O)OC[C@H]1O[C@@H](n2ccc(=O)[nH]c2=O)C[C@H]1OP(OCCC#N)N(C(C)C)C(C)C. The fourth-order valence-electron chi connectivity index (χ4n) is 3.40. The molecule has 0 bridgehead atoms. The molecule has 4 atom stereocenters. The zero-order valence-corrected chi connectivity index (χ0v) is 19.9. The molecule has 0 aromatic carbocycles. The molecule has 0 spiro atoms. The second kappa shape index (κ2) is 12.2. The molecule has 0 radical (unpaired) electrons. The van der Waals surface area contributed by atoms with Crippen LogP contribution < -0.4 is 11.2 Å². The Morgan fingerprint density at radius 2 is 2.06 bits per heavy atom. The van der Waals surface area contributed by atoms with Crippen LogP contribution in [0.3, 0.4) is 0 Å². The number of nitrogens with one attached hydrogen (secondary N) is 1. The summed E-state index contributed by atoms with van der Waals surface area (Å²) in [4.78, 5) is 37.2. The normalized spacial score (nSPS) is 21.8. The van der Waals surface area contributed by atoms with E-state index in [4.69, 9.17) is 23.8 Å². The lowest BCUT2D eigenvalue weighted by Gasteiger charge is -2.37. The monoisotopic (exact) mass is 470 g/mol. The summed E-state index contributed by atoms with van der Waals surface area (Å²) in [6.45, 7) is 9.55. The van der Waals surface area contributed by atoms with Gasteiger partial charge in [0.25, 0.3) is 14.1 Å². The number of carbonyl (C=O) groups is 1. The molecule has 1 N–H and O–H groups in total. The van der Waals surface area contributed by atoms with Gasteiger partial charge in [-0.1, -0.05) is 0 Å². The van der Waals surface area contributed by atoms with Crippen molar-refractivity contribution in [3.05, 3.63) is 33.1 Å². The van der Waals surface area contributed by atoms with Crippen molar-refractivity contribution in [2.75, 3.05) is 13.2 Å². The minimum Gasteiger partial charge on any atom is -0.463 e. The van der Waals surface area contributed by atoms with Gasteiger partial charge in [-0.15, -0.1) is 0 Å². The average molecular weight is 470 g/mol. The molecule has 32 heavy (non-hydrogen) atoms. The molecule has 0 saturated carbocycles. The molecule has 1 aliphatic heterocycles. The highest BCUT2D eigenvalue weighted by atomic mass is 31.2. The predicted molar refractivity (Wildman–Crippen MR) is 117 cm³/mol. The summed E-state index contributed by atoms with van der Waals surface area (Å²) in [5, 5.41) is 8.89. The standard InChI is InChI=1S/C20H31N4O7P/c1-13(2)24(14(3)4)32(29-10-6-8-21)31-16-11-19(30-17(16)12-28-15(5)25)23-9-7-18(26)22-20(23)27/h7,9,13-14,16-17,19H,6,10-12H2,1-5H3,(H,22,26,27)/t16-,17-,19-,32?/m1/s1. The third-order valence-corrected chi connectivity index (χ3v) is 6.84. The molecule has 2 rings (SSSR count). The van der Waals surface area contributed by atoms with Gasteiger partial charge in [0, 0.05) is 37.7 Å². The van der Waals surface area contributed by atoms with Crippen molar-refractivity contribution in [2.45, 2.75) is 78.0 Å². The largest absolute Gasteiger partial charge is 0.463 e. The van der Waals surface area contributed by atoms with E-state index < -0.39 is 44.2 Å². The van der Waals surface area contributed by atoms with Crippen molar-refractivity contribution in [3.63, 3.8) is 0 Å². The third kappa shape index (κ3) is 7.22. The lowest BCUT2D eigenvalue weighted by Crippen LogP contribution is -2.36. The van der Waals surface area contributed by atoms with Crippen molar-refractivity contribution in [3.8, 4) is 6.07 Å². The Kier molecular flexibility index (Phi) is 10.0. The van der Waals surface area contributed by atoms with E-state index in [1.165, 1.54) is 23.8 Å². The first-order valence-electron chi connectivity index (χ1n) is 10.5. The number of nitrogens with zero attached hydrogens (tertiary/aromatic N) is 3. The summed E-state index contributed by atoms with van der Waals surface area (Å²) >= 11 is 0. The van der Waals surface area contributed by atoms with Gasteiger partial charge in [0.15, 0.2) is 0 Å². The lowest BCUT2D eigenvalue weighted by atomic mass is 10.2. The van der Waals surface area contributed by atoms with Gasteiger partial charge >= 0.3 is 11.7 Å². The molecule has 1 fully saturated rings.